The maximum Gasteiger partial charge on any atom is 0.305 e. The predicted octanol–water partition coefficient (Wildman–Crippen LogP) is 17.3. The number of aliphatic hydroxyl groups excluding tert-OH is 2. The fraction of sp³-hybridized carbons (Fsp3) is 0.930. The number of esters is 1. The van der Waals surface area contributed by atoms with Crippen LogP contribution in [0.3, 0.4) is 0 Å². The van der Waals surface area contributed by atoms with Gasteiger partial charge in [0, 0.05) is 12.8 Å². The van der Waals surface area contributed by atoms with Gasteiger partial charge in [0.05, 0.1) is 25.4 Å². The molecule has 3 N–H and O–H groups in total. The van der Waals surface area contributed by atoms with Crippen molar-refractivity contribution in [1.82, 2.24) is 5.32 Å². The van der Waals surface area contributed by atoms with E-state index < -0.39 is 12.1 Å². The zero-order valence-electron chi connectivity index (χ0n) is 42.6. The minimum absolute atomic E-state index is 0.00641. The largest absolute Gasteiger partial charge is 0.466 e. The number of aliphatic hydroxyl groups is 2. The Morgan fingerprint density at radius 3 is 1.08 bits per heavy atom. The summed E-state index contributed by atoms with van der Waals surface area (Å²) >= 11 is 0. The van der Waals surface area contributed by atoms with E-state index in [4.69, 9.17) is 4.74 Å². The molecule has 0 saturated carbocycles. The van der Waals surface area contributed by atoms with Crippen LogP contribution in [0, 0.1) is 0 Å². The molecule has 0 aromatic carbocycles. The summed E-state index contributed by atoms with van der Waals surface area (Å²) in [6.45, 7) is 4.90. The Morgan fingerprint density at radius 1 is 0.429 bits per heavy atom. The molecule has 0 spiro atoms. The lowest BCUT2D eigenvalue weighted by Gasteiger charge is -2.20. The summed E-state index contributed by atoms with van der Waals surface area (Å²) in [5, 5.41) is 23.0. The van der Waals surface area contributed by atoms with Crippen LogP contribution in [-0.2, 0) is 14.3 Å². The molecule has 374 valence electrons. The van der Waals surface area contributed by atoms with Gasteiger partial charge in [-0.25, -0.2) is 0 Å². The highest BCUT2D eigenvalue weighted by Crippen LogP contribution is 2.17. The van der Waals surface area contributed by atoms with Crippen LogP contribution in [0.2, 0.25) is 0 Å². The van der Waals surface area contributed by atoms with E-state index in [-0.39, 0.29) is 18.5 Å². The summed E-state index contributed by atoms with van der Waals surface area (Å²) in [5.74, 6) is -0.0672. The van der Waals surface area contributed by atoms with Gasteiger partial charge >= 0.3 is 5.97 Å². The van der Waals surface area contributed by atoms with E-state index in [1.54, 1.807) is 6.08 Å². The predicted molar refractivity (Wildman–Crippen MR) is 273 cm³/mol. The second-order valence-corrected chi connectivity index (χ2v) is 19.6. The number of amides is 1. The number of hydrogen-bond donors (Lipinski definition) is 3. The molecular weight excluding hydrogens is 779 g/mol. The first-order valence-corrected chi connectivity index (χ1v) is 28.5. The molecule has 1 amide bonds. The third-order valence-corrected chi connectivity index (χ3v) is 13.3. The molecule has 0 aliphatic heterocycles. The maximum atomic E-state index is 12.4. The van der Waals surface area contributed by atoms with Gasteiger partial charge in [-0.15, -0.1) is 0 Å². The van der Waals surface area contributed by atoms with Crippen LogP contribution < -0.4 is 5.32 Å². The Balaban J connectivity index is 3.41. The second-order valence-electron chi connectivity index (χ2n) is 19.6. The monoisotopic (exact) mass is 890 g/mol. The smallest absolute Gasteiger partial charge is 0.305 e. The molecule has 0 heterocycles. The number of ether oxygens (including phenoxy) is 1. The molecule has 0 aliphatic rings. The molecule has 0 aromatic rings. The van der Waals surface area contributed by atoms with Gasteiger partial charge in [0.25, 0.3) is 0 Å². The summed E-state index contributed by atoms with van der Waals surface area (Å²) in [4.78, 5) is 24.5. The van der Waals surface area contributed by atoms with E-state index in [9.17, 15) is 19.8 Å². The highest BCUT2D eigenvalue weighted by atomic mass is 16.5. The lowest BCUT2D eigenvalue weighted by molar-refractivity contribution is -0.143. The summed E-state index contributed by atoms with van der Waals surface area (Å²) in [5.41, 5.74) is 0. The SMILES string of the molecule is CCCCCCCCCCCCC/C=C/C(O)C(CO)NC(=O)CCCCCCCCCCCCCCCCCCOC(=O)CCCCCCCCCCCCCCCCCCC. The number of rotatable bonds is 53. The van der Waals surface area contributed by atoms with Crippen molar-refractivity contribution in [3.63, 3.8) is 0 Å². The Morgan fingerprint density at radius 2 is 0.730 bits per heavy atom. The topological polar surface area (TPSA) is 95.9 Å². The van der Waals surface area contributed by atoms with Crippen LogP contribution in [0.25, 0.3) is 0 Å². The fourth-order valence-corrected chi connectivity index (χ4v) is 8.93. The summed E-state index contributed by atoms with van der Waals surface area (Å²) in [6, 6.07) is -0.631. The van der Waals surface area contributed by atoms with Gasteiger partial charge in [-0.3, -0.25) is 9.59 Å². The van der Waals surface area contributed by atoms with Crippen LogP contribution in [0.15, 0.2) is 12.2 Å². The van der Waals surface area contributed by atoms with Crippen molar-refractivity contribution in [1.29, 1.82) is 0 Å². The van der Waals surface area contributed by atoms with Crippen molar-refractivity contribution in [2.45, 2.75) is 328 Å². The molecule has 6 heteroatoms. The maximum absolute atomic E-state index is 12.4. The quantitative estimate of drug-likeness (QED) is 0.0321. The van der Waals surface area contributed by atoms with Crippen molar-refractivity contribution < 1.29 is 24.5 Å². The van der Waals surface area contributed by atoms with Crippen LogP contribution in [0.4, 0.5) is 0 Å². The summed E-state index contributed by atoms with van der Waals surface area (Å²) in [6.07, 6.45) is 62.3. The van der Waals surface area contributed by atoms with Crippen molar-refractivity contribution in [3.8, 4) is 0 Å². The third-order valence-electron chi connectivity index (χ3n) is 13.3. The molecule has 0 saturated heterocycles. The average molecular weight is 891 g/mol. The minimum Gasteiger partial charge on any atom is -0.466 e. The average Bonchev–Trinajstić information content (AvgIpc) is 3.28. The number of carbonyl (C=O) groups is 2. The molecule has 0 rings (SSSR count). The van der Waals surface area contributed by atoms with Gasteiger partial charge in [0.2, 0.25) is 5.91 Å². The first kappa shape index (κ1) is 61.6. The standard InChI is InChI=1S/C57H111NO5/c1-3-5-7-9-11-13-15-17-18-19-23-27-31-35-39-43-47-51-57(62)63-52-48-44-40-36-32-28-24-21-20-22-26-30-34-38-42-46-50-56(61)58-54(53-59)55(60)49-45-41-37-33-29-25-16-14-12-10-8-6-4-2/h45,49,54-55,59-60H,3-44,46-48,50-53H2,1-2H3,(H,58,61)/b49-45+. The van der Waals surface area contributed by atoms with E-state index in [0.717, 1.165) is 44.9 Å². The van der Waals surface area contributed by atoms with Crippen molar-refractivity contribution in [3.05, 3.63) is 12.2 Å². The highest BCUT2D eigenvalue weighted by molar-refractivity contribution is 5.76. The number of hydrogen-bond acceptors (Lipinski definition) is 5. The molecule has 63 heavy (non-hydrogen) atoms. The van der Waals surface area contributed by atoms with E-state index in [1.165, 1.54) is 244 Å². The molecule has 2 atom stereocenters. The molecule has 2 unspecified atom stereocenters. The van der Waals surface area contributed by atoms with Crippen LogP contribution in [-0.4, -0.2) is 47.4 Å². The zero-order valence-corrected chi connectivity index (χ0v) is 42.6. The van der Waals surface area contributed by atoms with E-state index in [1.807, 2.05) is 6.08 Å². The highest BCUT2D eigenvalue weighted by Gasteiger charge is 2.18. The van der Waals surface area contributed by atoms with Gasteiger partial charge in [0.1, 0.15) is 0 Å². The molecule has 0 radical (unpaired) electrons. The fourth-order valence-electron chi connectivity index (χ4n) is 8.93. The first-order valence-electron chi connectivity index (χ1n) is 28.5. The van der Waals surface area contributed by atoms with Crippen molar-refractivity contribution >= 4 is 11.9 Å². The van der Waals surface area contributed by atoms with Crippen LogP contribution >= 0.6 is 0 Å². The lowest BCUT2D eigenvalue weighted by atomic mass is 10.0. The molecule has 0 aromatic heterocycles. The molecule has 0 bridgehead atoms. The molecule has 0 fully saturated rings. The Bertz CT molecular complexity index is 939. The van der Waals surface area contributed by atoms with E-state index >= 15 is 0 Å². The molecular formula is C57H111NO5. The van der Waals surface area contributed by atoms with Crippen LogP contribution in [0.5, 0.6) is 0 Å². The number of allylic oxidation sites excluding steroid dienone is 1. The normalized spacial score (nSPS) is 12.6. The Kier molecular flexibility index (Phi) is 52.0. The van der Waals surface area contributed by atoms with E-state index in [0.29, 0.717) is 19.4 Å². The minimum atomic E-state index is -0.847. The van der Waals surface area contributed by atoms with Gasteiger partial charge < -0.3 is 20.3 Å². The van der Waals surface area contributed by atoms with Gasteiger partial charge in [-0.1, -0.05) is 283 Å². The zero-order chi connectivity index (χ0) is 45.8. The second kappa shape index (κ2) is 53.2. The van der Waals surface area contributed by atoms with Gasteiger partial charge in [0.15, 0.2) is 0 Å². The number of nitrogens with one attached hydrogen (secondary N) is 1. The van der Waals surface area contributed by atoms with Crippen molar-refractivity contribution in [2.24, 2.45) is 0 Å². The Labute approximate surface area is 393 Å². The summed E-state index contributed by atoms with van der Waals surface area (Å²) in [7, 11) is 0. The molecule has 0 aliphatic carbocycles. The van der Waals surface area contributed by atoms with Gasteiger partial charge in [-0.05, 0) is 32.1 Å². The summed E-state index contributed by atoms with van der Waals surface area (Å²) < 4.78 is 5.49. The lowest BCUT2D eigenvalue weighted by Crippen LogP contribution is -2.45. The number of carbonyl (C=O) groups excluding carboxylic acids is 2. The number of unbranched alkanes of at least 4 members (excludes halogenated alkanes) is 42. The van der Waals surface area contributed by atoms with Crippen LogP contribution in [0.1, 0.15) is 316 Å². The third kappa shape index (κ3) is 49.9. The Hall–Kier alpha value is -1.40. The van der Waals surface area contributed by atoms with Crippen molar-refractivity contribution in [2.75, 3.05) is 13.2 Å². The van der Waals surface area contributed by atoms with E-state index in [2.05, 4.69) is 19.2 Å². The first-order chi connectivity index (χ1) is 31.0. The molecule has 6 nitrogen and oxygen atoms in total. The van der Waals surface area contributed by atoms with Gasteiger partial charge in [-0.2, -0.15) is 0 Å².